The summed E-state index contributed by atoms with van der Waals surface area (Å²) in [5, 5.41) is 23.1. The smallest absolute Gasteiger partial charge is 0.228 e. The number of hydrogen-bond donors (Lipinski definition) is 4. The minimum atomic E-state index is -0.00646. The zero-order valence-corrected chi connectivity index (χ0v) is 9.77. The third kappa shape index (κ3) is 4.33. The summed E-state index contributed by atoms with van der Waals surface area (Å²) in [7, 11) is 0. The van der Waals surface area contributed by atoms with Crippen LogP contribution in [0.4, 0.5) is 11.9 Å². The second kappa shape index (κ2) is 6.77. The molecule has 7 heteroatoms. The molecule has 0 fully saturated rings. The van der Waals surface area contributed by atoms with E-state index in [9.17, 15) is 0 Å². The highest BCUT2D eigenvalue weighted by atomic mass is 16.3. The molecule has 0 aliphatic heterocycles. The van der Waals surface area contributed by atoms with Gasteiger partial charge in [0.25, 0.3) is 0 Å². The van der Waals surface area contributed by atoms with Crippen molar-refractivity contribution in [3.8, 4) is 0 Å². The van der Waals surface area contributed by atoms with E-state index in [0.29, 0.717) is 36.4 Å². The number of hydrogen-bond acceptors (Lipinski definition) is 7. The first-order valence-electron chi connectivity index (χ1n) is 5.28. The monoisotopic (exact) mass is 239 g/mol. The molecule has 0 atom stereocenters. The van der Waals surface area contributed by atoms with Crippen LogP contribution in [0.2, 0.25) is 0 Å². The van der Waals surface area contributed by atoms with Crippen molar-refractivity contribution in [2.75, 3.05) is 36.9 Å². The Hall–Kier alpha value is -1.73. The molecule has 0 saturated carbocycles. The van der Waals surface area contributed by atoms with Gasteiger partial charge in [0, 0.05) is 13.1 Å². The number of aliphatic hydroxyl groups is 2. The van der Waals surface area contributed by atoms with E-state index in [1.54, 1.807) is 6.92 Å². The molecule has 1 aromatic heterocycles. The highest BCUT2D eigenvalue weighted by Gasteiger charge is 2.06. The summed E-state index contributed by atoms with van der Waals surface area (Å²) in [5.41, 5.74) is 0.714. The largest absolute Gasteiger partial charge is 0.395 e. The van der Waals surface area contributed by atoms with E-state index in [1.165, 1.54) is 0 Å². The Kier molecular flexibility index (Phi) is 5.31. The predicted octanol–water partition coefficient (Wildman–Crippen LogP) is -0.287. The van der Waals surface area contributed by atoms with Crippen LogP contribution in [0, 0.1) is 0 Å². The maximum atomic E-state index is 8.72. The number of allylic oxidation sites excluding steroid dienone is 1. The van der Waals surface area contributed by atoms with E-state index in [4.69, 9.17) is 10.2 Å². The topological polar surface area (TPSA) is 103 Å². The highest BCUT2D eigenvalue weighted by molar-refractivity contribution is 5.56. The Labute approximate surface area is 99.6 Å². The van der Waals surface area contributed by atoms with E-state index in [0.717, 1.165) is 0 Å². The molecule has 0 unspecified atom stereocenters. The van der Waals surface area contributed by atoms with Crippen molar-refractivity contribution >= 4 is 17.5 Å². The molecule has 17 heavy (non-hydrogen) atoms. The molecule has 1 heterocycles. The second-order valence-electron chi connectivity index (χ2n) is 3.39. The number of rotatable bonds is 7. The van der Waals surface area contributed by atoms with E-state index in [1.807, 2.05) is 0 Å². The fourth-order valence-corrected chi connectivity index (χ4v) is 1.06. The lowest BCUT2D eigenvalue weighted by Gasteiger charge is -2.08. The number of aromatic nitrogens is 3. The van der Waals surface area contributed by atoms with Crippen LogP contribution >= 0.6 is 0 Å². The normalized spacial score (nSPS) is 10.1. The molecule has 0 aliphatic rings. The van der Waals surface area contributed by atoms with Gasteiger partial charge in [0.05, 0.1) is 13.2 Å². The molecule has 1 rings (SSSR count). The highest BCUT2D eigenvalue weighted by Crippen LogP contribution is 2.11. The minimum absolute atomic E-state index is 0.00646. The number of nitrogens with one attached hydrogen (secondary N) is 2. The maximum absolute atomic E-state index is 8.72. The van der Waals surface area contributed by atoms with Gasteiger partial charge < -0.3 is 20.8 Å². The standard InChI is InChI=1S/C10H17N5O2/c1-7(2)8-13-9(11-3-5-16)15-10(14-8)12-4-6-17/h16-17H,1,3-6H2,2H3,(H2,11,12,13,14,15). The van der Waals surface area contributed by atoms with Gasteiger partial charge in [-0.05, 0) is 12.5 Å². The minimum Gasteiger partial charge on any atom is -0.395 e. The Morgan fingerprint density at radius 1 is 1.06 bits per heavy atom. The second-order valence-corrected chi connectivity index (χ2v) is 3.39. The first-order chi connectivity index (χ1) is 8.17. The third-order valence-corrected chi connectivity index (χ3v) is 1.81. The number of nitrogens with zero attached hydrogens (tertiary/aromatic N) is 3. The van der Waals surface area contributed by atoms with Gasteiger partial charge in [-0.3, -0.25) is 0 Å². The zero-order valence-electron chi connectivity index (χ0n) is 9.77. The van der Waals surface area contributed by atoms with Gasteiger partial charge in [-0.15, -0.1) is 0 Å². The lowest BCUT2D eigenvalue weighted by molar-refractivity contribution is 0.310. The summed E-state index contributed by atoms with van der Waals surface area (Å²) in [6.45, 7) is 6.26. The molecule has 0 saturated heterocycles. The van der Waals surface area contributed by atoms with Gasteiger partial charge in [0.2, 0.25) is 11.9 Å². The van der Waals surface area contributed by atoms with Crippen LogP contribution < -0.4 is 10.6 Å². The first-order valence-corrected chi connectivity index (χ1v) is 5.28. The van der Waals surface area contributed by atoms with E-state index < -0.39 is 0 Å². The van der Waals surface area contributed by atoms with Crippen LogP contribution in [-0.2, 0) is 0 Å². The quantitative estimate of drug-likeness (QED) is 0.518. The van der Waals surface area contributed by atoms with Gasteiger partial charge in [0.1, 0.15) is 0 Å². The molecule has 1 aromatic rings. The molecule has 0 radical (unpaired) electrons. The molecule has 0 spiro atoms. The van der Waals surface area contributed by atoms with Crippen LogP contribution in [-0.4, -0.2) is 51.5 Å². The van der Waals surface area contributed by atoms with Crippen molar-refractivity contribution in [2.45, 2.75) is 6.92 Å². The van der Waals surface area contributed by atoms with Gasteiger partial charge in [-0.2, -0.15) is 15.0 Å². The molecule has 0 amide bonds. The lowest BCUT2D eigenvalue weighted by atomic mass is 10.3. The molecule has 0 aliphatic carbocycles. The SMILES string of the molecule is C=C(C)c1nc(NCCO)nc(NCCO)n1. The van der Waals surface area contributed by atoms with Crippen LogP contribution in [0.3, 0.4) is 0 Å². The Morgan fingerprint density at radius 3 is 1.88 bits per heavy atom. The Morgan fingerprint density at radius 2 is 1.53 bits per heavy atom. The summed E-state index contributed by atoms with van der Waals surface area (Å²) in [5.74, 6) is 1.21. The van der Waals surface area contributed by atoms with E-state index in [-0.39, 0.29) is 13.2 Å². The van der Waals surface area contributed by atoms with Crippen molar-refractivity contribution < 1.29 is 10.2 Å². The van der Waals surface area contributed by atoms with Gasteiger partial charge >= 0.3 is 0 Å². The number of anilines is 2. The van der Waals surface area contributed by atoms with Crippen molar-refractivity contribution in [1.29, 1.82) is 0 Å². The fraction of sp³-hybridized carbons (Fsp3) is 0.500. The van der Waals surface area contributed by atoms with Crippen molar-refractivity contribution in [1.82, 2.24) is 15.0 Å². The molecular formula is C10H17N5O2. The average Bonchev–Trinajstić information content (AvgIpc) is 2.33. The van der Waals surface area contributed by atoms with Crippen molar-refractivity contribution in [3.05, 3.63) is 12.4 Å². The fourth-order valence-electron chi connectivity index (χ4n) is 1.06. The maximum Gasteiger partial charge on any atom is 0.228 e. The van der Waals surface area contributed by atoms with Crippen LogP contribution in [0.15, 0.2) is 6.58 Å². The first kappa shape index (κ1) is 13.3. The molecule has 0 aromatic carbocycles. The van der Waals surface area contributed by atoms with E-state index >= 15 is 0 Å². The Balaban J connectivity index is 2.88. The zero-order chi connectivity index (χ0) is 12.7. The van der Waals surface area contributed by atoms with E-state index in [2.05, 4.69) is 32.2 Å². The van der Waals surface area contributed by atoms with Gasteiger partial charge in [-0.1, -0.05) is 6.58 Å². The average molecular weight is 239 g/mol. The molecule has 94 valence electrons. The molecular weight excluding hydrogens is 222 g/mol. The van der Waals surface area contributed by atoms with Crippen molar-refractivity contribution in [3.63, 3.8) is 0 Å². The number of aliphatic hydroxyl groups excluding tert-OH is 2. The summed E-state index contributed by atoms with van der Waals surface area (Å²) in [4.78, 5) is 12.3. The van der Waals surface area contributed by atoms with Crippen molar-refractivity contribution in [2.24, 2.45) is 0 Å². The lowest BCUT2D eigenvalue weighted by Crippen LogP contribution is -2.14. The predicted molar refractivity (Wildman–Crippen MR) is 65.7 cm³/mol. The summed E-state index contributed by atoms with van der Waals surface area (Å²) in [6.07, 6.45) is 0. The van der Waals surface area contributed by atoms with Gasteiger partial charge in [-0.25, -0.2) is 0 Å². The summed E-state index contributed by atoms with van der Waals surface area (Å²) < 4.78 is 0. The van der Waals surface area contributed by atoms with Crippen LogP contribution in [0.5, 0.6) is 0 Å². The third-order valence-electron chi connectivity index (χ3n) is 1.81. The Bertz CT molecular complexity index is 357. The van der Waals surface area contributed by atoms with Gasteiger partial charge in [0.15, 0.2) is 5.82 Å². The molecule has 4 N–H and O–H groups in total. The van der Waals surface area contributed by atoms with Crippen LogP contribution in [0.25, 0.3) is 5.57 Å². The van der Waals surface area contributed by atoms with Crippen LogP contribution in [0.1, 0.15) is 12.7 Å². The summed E-state index contributed by atoms with van der Waals surface area (Å²) >= 11 is 0. The molecule has 7 nitrogen and oxygen atoms in total. The summed E-state index contributed by atoms with van der Waals surface area (Å²) in [6, 6.07) is 0. The molecule has 0 bridgehead atoms.